The molecule has 0 fully saturated rings. The maximum atomic E-state index is 11.0. The predicted octanol–water partition coefficient (Wildman–Crippen LogP) is 6.33. The molecule has 1 aromatic heterocycles. The summed E-state index contributed by atoms with van der Waals surface area (Å²) < 4.78 is 4.73. The maximum absolute atomic E-state index is 11.0. The molecule has 146 valence electrons. The summed E-state index contributed by atoms with van der Waals surface area (Å²) in [7, 11) is 0. The fourth-order valence-corrected chi connectivity index (χ4v) is 5.34. The summed E-state index contributed by atoms with van der Waals surface area (Å²) in [5, 5.41) is 13.5. The van der Waals surface area contributed by atoms with Crippen molar-refractivity contribution in [2.45, 2.75) is 25.5 Å². The number of aliphatic imine (C=N–C) groups is 1. The van der Waals surface area contributed by atoms with Crippen molar-refractivity contribution >= 4 is 78.9 Å². The largest absolute Gasteiger partial charge is 0.391 e. The van der Waals surface area contributed by atoms with Crippen LogP contribution in [0.15, 0.2) is 65.7 Å². The van der Waals surface area contributed by atoms with Crippen LogP contribution in [0.2, 0.25) is 0 Å². The van der Waals surface area contributed by atoms with Crippen molar-refractivity contribution in [3.63, 3.8) is 0 Å². The number of hydrogen-bond acceptors (Lipinski definition) is 2. The highest BCUT2D eigenvalue weighted by Gasteiger charge is 2.20. The van der Waals surface area contributed by atoms with Gasteiger partial charge < -0.3 is 9.67 Å². The van der Waals surface area contributed by atoms with E-state index in [2.05, 4.69) is 109 Å². The number of nitrogens with zero attached hydrogens (tertiary/aromatic N) is 2. The van der Waals surface area contributed by atoms with Crippen molar-refractivity contribution in [3.05, 3.63) is 73.4 Å². The van der Waals surface area contributed by atoms with Gasteiger partial charge in [0.25, 0.3) is 0 Å². The fraction of sp³-hybridized carbons (Fsp3) is 0.208. The number of aliphatic hydroxyl groups is 1. The molecule has 5 rings (SSSR count). The lowest BCUT2D eigenvalue weighted by molar-refractivity contribution is 0.137. The molecule has 0 bridgehead atoms. The van der Waals surface area contributed by atoms with Crippen LogP contribution in [0, 0.1) is 13.1 Å². The number of hydrogen-bond donors (Lipinski definition) is 1. The Hall–Kier alpha value is -1.45. The van der Waals surface area contributed by atoms with Gasteiger partial charge in [0.15, 0.2) is 0 Å². The van der Waals surface area contributed by atoms with Crippen LogP contribution in [0.5, 0.6) is 0 Å². The number of benzene rings is 3. The minimum atomic E-state index is -0.422. The van der Waals surface area contributed by atoms with Crippen molar-refractivity contribution in [1.29, 1.82) is 0 Å². The Morgan fingerprint density at radius 1 is 0.966 bits per heavy atom. The first-order chi connectivity index (χ1) is 14.1. The Balaban J connectivity index is 1.44. The third-order valence-electron chi connectivity index (χ3n) is 5.66. The molecule has 0 amide bonds. The van der Waals surface area contributed by atoms with E-state index < -0.39 is 6.10 Å². The molecule has 3 aromatic carbocycles. The first-order valence-electron chi connectivity index (χ1n) is 9.75. The molecular weight excluding hydrogens is 586 g/mol. The molecule has 0 aliphatic carbocycles. The fourth-order valence-electron chi connectivity index (χ4n) is 4.35. The van der Waals surface area contributed by atoms with E-state index in [1.165, 1.54) is 34.5 Å². The highest BCUT2D eigenvalue weighted by atomic mass is 127. The standard InChI is InChI=1S/C24H20I2N2O/c25-17-5-7-23-20(11-17)21-12-18(26)6-8-24(21)28(23)14-19(29)10-15-9-16-3-1-2-4-22(16)27-13-15/h1-8,11-13,15,19,29H,9-10,14H2. The number of para-hydroxylation sites is 1. The van der Waals surface area contributed by atoms with Crippen molar-refractivity contribution in [1.82, 2.24) is 4.57 Å². The molecular formula is C24H20I2N2O. The zero-order valence-electron chi connectivity index (χ0n) is 15.7. The number of aliphatic hydroxyl groups excluding tert-OH is 1. The molecule has 2 atom stereocenters. The zero-order valence-corrected chi connectivity index (χ0v) is 20.0. The number of fused-ring (bicyclic) bond motifs is 4. The van der Waals surface area contributed by atoms with Crippen LogP contribution in [0.25, 0.3) is 21.8 Å². The molecule has 1 aliphatic rings. The third kappa shape index (κ3) is 3.84. The molecule has 0 spiro atoms. The highest BCUT2D eigenvalue weighted by molar-refractivity contribution is 14.1. The van der Waals surface area contributed by atoms with Gasteiger partial charge in [-0.1, -0.05) is 18.2 Å². The lowest BCUT2D eigenvalue weighted by atomic mass is 9.91. The topological polar surface area (TPSA) is 37.5 Å². The molecule has 1 aliphatic heterocycles. The second-order valence-electron chi connectivity index (χ2n) is 7.69. The van der Waals surface area contributed by atoms with E-state index in [-0.39, 0.29) is 5.92 Å². The van der Waals surface area contributed by atoms with E-state index in [0.29, 0.717) is 13.0 Å². The van der Waals surface area contributed by atoms with Crippen LogP contribution in [0.1, 0.15) is 12.0 Å². The Morgan fingerprint density at radius 3 is 2.31 bits per heavy atom. The van der Waals surface area contributed by atoms with Crippen molar-refractivity contribution in [3.8, 4) is 0 Å². The van der Waals surface area contributed by atoms with Crippen molar-refractivity contribution in [2.24, 2.45) is 10.9 Å². The van der Waals surface area contributed by atoms with Crippen molar-refractivity contribution in [2.75, 3.05) is 0 Å². The van der Waals surface area contributed by atoms with E-state index in [4.69, 9.17) is 0 Å². The highest BCUT2D eigenvalue weighted by Crippen LogP contribution is 2.33. The molecule has 0 saturated carbocycles. The smallest absolute Gasteiger partial charge is 0.0725 e. The maximum Gasteiger partial charge on any atom is 0.0725 e. The number of halogens is 2. The van der Waals surface area contributed by atoms with Crippen LogP contribution < -0.4 is 0 Å². The third-order valence-corrected chi connectivity index (χ3v) is 7.00. The normalized spacial score (nSPS) is 17.0. The van der Waals surface area contributed by atoms with E-state index in [0.717, 1.165) is 12.1 Å². The van der Waals surface area contributed by atoms with E-state index in [1.807, 2.05) is 12.3 Å². The summed E-state index contributed by atoms with van der Waals surface area (Å²) >= 11 is 4.73. The van der Waals surface area contributed by atoms with E-state index in [1.54, 1.807) is 0 Å². The Kier molecular flexibility index (Phi) is 5.38. The van der Waals surface area contributed by atoms with Gasteiger partial charge in [-0.3, -0.25) is 4.99 Å². The second-order valence-corrected chi connectivity index (χ2v) is 10.2. The Labute approximate surface area is 197 Å². The number of aromatic nitrogens is 1. The van der Waals surface area contributed by atoms with Gasteiger partial charge in [-0.05, 0) is 106 Å². The van der Waals surface area contributed by atoms with Gasteiger partial charge in [0, 0.05) is 47.6 Å². The molecule has 3 nitrogen and oxygen atoms in total. The SMILES string of the molecule is OC(CC1C=Nc2ccccc2C1)Cn1c2ccc(I)cc2c2cc(I)ccc21. The van der Waals surface area contributed by atoms with Gasteiger partial charge in [-0.15, -0.1) is 0 Å². The van der Waals surface area contributed by atoms with Crippen LogP contribution in [-0.4, -0.2) is 22.0 Å². The summed E-state index contributed by atoms with van der Waals surface area (Å²) in [5.41, 5.74) is 4.70. The van der Waals surface area contributed by atoms with Gasteiger partial charge in [-0.25, -0.2) is 0 Å². The summed E-state index contributed by atoms with van der Waals surface area (Å²) in [5.74, 6) is 0.273. The van der Waals surface area contributed by atoms with E-state index >= 15 is 0 Å². The van der Waals surface area contributed by atoms with Crippen LogP contribution >= 0.6 is 45.2 Å². The van der Waals surface area contributed by atoms with Gasteiger partial charge >= 0.3 is 0 Å². The lowest BCUT2D eigenvalue weighted by Crippen LogP contribution is -2.22. The summed E-state index contributed by atoms with van der Waals surface area (Å²) in [6.07, 6.45) is 3.25. The average molecular weight is 606 g/mol. The molecule has 29 heavy (non-hydrogen) atoms. The number of rotatable bonds is 4. The molecule has 2 unspecified atom stereocenters. The minimum absolute atomic E-state index is 0.273. The first-order valence-corrected chi connectivity index (χ1v) is 11.9. The van der Waals surface area contributed by atoms with E-state index in [9.17, 15) is 5.11 Å². The van der Waals surface area contributed by atoms with Gasteiger partial charge in [-0.2, -0.15) is 0 Å². The Morgan fingerprint density at radius 2 is 1.62 bits per heavy atom. The molecule has 5 heteroatoms. The van der Waals surface area contributed by atoms with Gasteiger partial charge in [0.2, 0.25) is 0 Å². The second kappa shape index (κ2) is 8.00. The molecule has 0 radical (unpaired) electrons. The van der Waals surface area contributed by atoms with Crippen LogP contribution in [-0.2, 0) is 13.0 Å². The predicted molar refractivity (Wildman–Crippen MR) is 137 cm³/mol. The quantitative estimate of drug-likeness (QED) is 0.271. The van der Waals surface area contributed by atoms with Crippen LogP contribution in [0.4, 0.5) is 5.69 Å². The lowest BCUT2D eigenvalue weighted by Gasteiger charge is -2.22. The molecule has 2 heterocycles. The zero-order chi connectivity index (χ0) is 20.0. The monoisotopic (exact) mass is 606 g/mol. The molecule has 4 aromatic rings. The van der Waals surface area contributed by atoms with Crippen molar-refractivity contribution < 1.29 is 5.11 Å². The average Bonchev–Trinajstić information content (AvgIpc) is 3.00. The van der Waals surface area contributed by atoms with Crippen LogP contribution in [0.3, 0.4) is 0 Å². The summed E-state index contributed by atoms with van der Waals surface area (Å²) in [6, 6.07) is 21.4. The van der Waals surface area contributed by atoms with Gasteiger partial charge in [0.1, 0.15) is 0 Å². The minimum Gasteiger partial charge on any atom is -0.391 e. The Bertz CT molecular complexity index is 1190. The first kappa shape index (κ1) is 19.5. The molecule has 0 saturated heterocycles. The summed E-state index contributed by atoms with van der Waals surface area (Å²) in [6.45, 7) is 0.590. The molecule has 1 N–H and O–H groups in total. The summed E-state index contributed by atoms with van der Waals surface area (Å²) in [4.78, 5) is 4.60. The van der Waals surface area contributed by atoms with Gasteiger partial charge in [0.05, 0.1) is 11.8 Å².